The number of hydrogen-bond donors (Lipinski definition) is 3. The summed E-state index contributed by atoms with van der Waals surface area (Å²) in [7, 11) is 0. The molecule has 3 amide bonds. The highest BCUT2D eigenvalue weighted by atomic mass is 16.2. The quantitative estimate of drug-likeness (QED) is 0.328. The number of aromatic nitrogens is 3. The molecule has 2 aromatic heterocycles. The average Bonchev–Trinajstić information content (AvgIpc) is 2.91. The van der Waals surface area contributed by atoms with Gasteiger partial charge < -0.3 is 25.8 Å². The van der Waals surface area contributed by atoms with Crippen LogP contribution in [-0.2, 0) is 14.4 Å². The summed E-state index contributed by atoms with van der Waals surface area (Å²) in [5.74, 6) is 0.424. The third-order valence-electron chi connectivity index (χ3n) is 5.76. The number of anilines is 3. The minimum Gasteiger partial charge on any atom is -0.368 e. The van der Waals surface area contributed by atoms with Crippen molar-refractivity contribution in [2.24, 2.45) is 0 Å². The molecular formula is C26H30N8O3. The summed E-state index contributed by atoms with van der Waals surface area (Å²) in [4.78, 5) is 54.0. The van der Waals surface area contributed by atoms with Crippen molar-refractivity contribution in [3.8, 4) is 11.4 Å². The van der Waals surface area contributed by atoms with Crippen LogP contribution in [-0.4, -0.2) is 76.8 Å². The highest BCUT2D eigenvalue weighted by molar-refractivity contribution is 6.39. The van der Waals surface area contributed by atoms with E-state index >= 15 is 0 Å². The molecule has 1 fully saturated rings. The van der Waals surface area contributed by atoms with E-state index in [9.17, 15) is 14.4 Å². The number of hydrogen-bond acceptors (Lipinski definition) is 8. The van der Waals surface area contributed by atoms with Crippen molar-refractivity contribution in [3.63, 3.8) is 0 Å². The maximum atomic E-state index is 12.9. The van der Waals surface area contributed by atoms with E-state index in [0.29, 0.717) is 50.9 Å². The molecule has 3 N–H and O–H groups in total. The predicted molar refractivity (Wildman–Crippen MR) is 141 cm³/mol. The van der Waals surface area contributed by atoms with Crippen molar-refractivity contribution in [2.45, 2.75) is 13.8 Å². The van der Waals surface area contributed by atoms with Crippen molar-refractivity contribution >= 4 is 35.2 Å². The van der Waals surface area contributed by atoms with Crippen LogP contribution in [0.1, 0.15) is 12.6 Å². The average molecular weight is 503 g/mol. The Balaban J connectivity index is 1.42. The molecule has 0 radical (unpaired) electrons. The van der Waals surface area contributed by atoms with E-state index in [-0.39, 0.29) is 11.7 Å². The summed E-state index contributed by atoms with van der Waals surface area (Å²) < 4.78 is 0. The summed E-state index contributed by atoms with van der Waals surface area (Å²) in [6.45, 7) is 6.22. The number of benzene rings is 1. The number of pyridine rings is 1. The standard InChI is InChI=1S/C26H30N8O3/c1-18-7-6-10-23(29-18)33-13-15-34(16-14-33)26(37)25(36)32-22-17-21(28-12-11-27-19(2)35)30-24(31-22)20-8-4-3-5-9-20/h3-10,17H,11-16H2,1-2H3,(H,27,35)(H2,28,30,31,32,36). The van der Waals surface area contributed by atoms with Gasteiger partial charge in [0.1, 0.15) is 17.5 Å². The zero-order chi connectivity index (χ0) is 26.2. The number of carbonyl (C=O) groups is 3. The maximum Gasteiger partial charge on any atom is 0.315 e. The smallest absolute Gasteiger partial charge is 0.315 e. The molecule has 1 saturated heterocycles. The largest absolute Gasteiger partial charge is 0.368 e. The first-order valence-corrected chi connectivity index (χ1v) is 12.1. The number of amides is 3. The number of nitrogens with one attached hydrogen (secondary N) is 3. The van der Waals surface area contributed by atoms with Gasteiger partial charge in [0.25, 0.3) is 0 Å². The van der Waals surface area contributed by atoms with Gasteiger partial charge >= 0.3 is 11.8 Å². The molecule has 1 aliphatic heterocycles. The maximum absolute atomic E-state index is 12.9. The third-order valence-corrected chi connectivity index (χ3v) is 5.76. The Morgan fingerprint density at radius 3 is 2.30 bits per heavy atom. The van der Waals surface area contributed by atoms with Crippen molar-refractivity contribution in [1.29, 1.82) is 0 Å². The lowest BCUT2D eigenvalue weighted by molar-refractivity contribution is -0.143. The van der Waals surface area contributed by atoms with Crippen LogP contribution in [0.5, 0.6) is 0 Å². The van der Waals surface area contributed by atoms with E-state index < -0.39 is 11.8 Å². The van der Waals surface area contributed by atoms with Gasteiger partial charge in [-0.25, -0.2) is 15.0 Å². The molecule has 0 atom stereocenters. The van der Waals surface area contributed by atoms with E-state index in [1.54, 1.807) is 6.07 Å². The fourth-order valence-corrected chi connectivity index (χ4v) is 3.90. The molecular weight excluding hydrogens is 472 g/mol. The van der Waals surface area contributed by atoms with Crippen LogP contribution in [0.4, 0.5) is 17.5 Å². The Kier molecular flexibility index (Phi) is 8.24. The summed E-state index contributed by atoms with van der Waals surface area (Å²) in [6, 6.07) is 16.7. The highest BCUT2D eigenvalue weighted by Crippen LogP contribution is 2.20. The lowest BCUT2D eigenvalue weighted by Gasteiger charge is -2.35. The Morgan fingerprint density at radius 1 is 0.865 bits per heavy atom. The second kappa shape index (κ2) is 11.9. The Labute approximate surface area is 215 Å². The van der Waals surface area contributed by atoms with E-state index in [4.69, 9.17) is 0 Å². The number of aryl methyl sites for hydroxylation is 1. The van der Waals surface area contributed by atoms with Crippen LogP contribution in [0.3, 0.4) is 0 Å². The van der Waals surface area contributed by atoms with Gasteiger partial charge in [-0.3, -0.25) is 14.4 Å². The first-order valence-electron chi connectivity index (χ1n) is 12.1. The first-order chi connectivity index (χ1) is 17.9. The van der Waals surface area contributed by atoms with Crippen molar-refractivity contribution in [3.05, 3.63) is 60.3 Å². The van der Waals surface area contributed by atoms with Crippen molar-refractivity contribution < 1.29 is 14.4 Å². The molecule has 1 aliphatic rings. The van der Waals surface area contributed by atoms with E-state index in [1.807, 2.05) is 55.5 Å². The Morgan fingerprint density at radius 2 is 1.59 bits per heavy atom. The monoisotopic (exact) mass is 502 g/mol. The fraction of sp³-hybridized carbons (Fsp3) is 0.308. The van der Waals surface area contributed by atoms with Gasteiger partial charge in [-0.2, -0.15) is 0 Å². The molecule has 3 heterocycles. The SMILES string of the molecule is CC(=O)NCCNc1cc(NC(=O)C(=O)N2CCN(c3cccc(C)n3)CC2)nc(-c2ccccc2)n1. The first kappa shape index (κ1) is 25.5. The Bertz CT molecular complexity index is 1260. The molecule has 0 aliphatic carbocycles. The van der Waals surface area contributed by atoms with Crippen LogP contribution in [0, 0.1) is 6.92 Å². The summed E-state index contributed by atoms with van der Waals surface area (Å²) >= 11 is 0. The van der Waals surface area contributed by atoms with Crippen molar-refractivity contribution in [2.75, 3.05) is 54.8 Å². The molecule has 4 rings (SSSR count). The normalized spacial score (nSPS) is 13.1. The Hall–Kier alpha value is -4.54. The van der Waals surface area contributed by atoms with Gasteiger partial charge in [-0.05, 0) is 19.1 Å². The molecule has 0 spiro atoms. The van der Waals surface area contributed by atoms with Gasteiger partial charge in [0.05, 0.1) is 0 Å². The van der Waals surface area contributed by atoms with Gasteiger partial charge in [0.2, 0.25) is 5.91 Å². The lowest BCUT2D eigenvalue weighted by Crippen LogP contribution is -2.51. The third kappa shape index (κ3) is 7.00. The van der Waals surface area contributed by atoms with Gasteiger partial charge in [-0.1, -0.05) is 36.4 Å². The minimum atomic E-state index is -0.760. The van der Waals surface area contributed by atoms with Crippen LogP contribution < -0.4 is 20.9 Å². The molecule has 0 saturated carbocycles. The lowest BCUT2D eigenvalue weighted by atomic mass is 10.2. The molecule has 192 valence electrons. The second-order valence-electron chi connectivity index (χ2n) is 8.61. The number of rotatable bonds is 7. The van der Waals surface area contributed by atoms with Crippen LogP contribution >= 0.6 is 0 Å². The van der Waals surface area contributed by atoms with E-state index in [2.05, 4.69) is 35.8 Å². The predicted octanol–water partition coefficient (Wildman–Crippen LogP) is 1.68. The summed E-state index contributed by atoms with van der Waals surface area (Å²) in [6.07, 6.45) is 0. The number of piperazine rings is 1. The van der Waals surface area contributed by atoms with Gasteiger partial charge in [0.15, 0.2) is 5.82 Å². The highest BCUT2D eigenvalue weighted by Gasteiger charge is 2.27. The number of nitrogens with zero attached hydrogens (tertiary/aromatic N) is 5. The number of carbonyl (C=O) groups excluding carboxylic acids is 3. The van der Waals surface area contributed by atoms with Crippen molar-refractivity contribution in [1.82, 2.24) is 25.2 Å². The molecule has 3 aromatic rings. The zero-order valence-corrected chi connectivity index (χ0v) is 20.9. The molecule has 37 heavy (non-hydrogen) atoms. The summed E-state index contributed by atoms with van der Waals surface area (Å²) in [5, 5.41) is 8.45. The summed E-state index contributed by atoms with van der Waals surface area (Å²) in [5.41, 5.74) is 1.69. The van der Waals surface area contributed by atoms with Crippen LogP contribution in [0.15, 0.2) is 54.6 Å². The molecule has 11 heteroatoms. The van der Waals surface area contributed by atoms with Gasteiger partial charge in [-0.15, -0.1) is 0 Å². The molecule has 11 nitrogen and oxygen atoms in total. The van der Waals surface area contributed by atoms with Gasteiger partial charge in [0, 0.05) is 63.5 Å². The second-order valence-corrected chi connectivity index (χ2v) is 8.61. The zero-order valence-electron chi connectivity index (χ0n) is 20.9. The van der Waals surface area contributed by atoms with E-state index in [1.165, 1.54) is 11.8 Å². The minimum absolute atomic E-state index is 0.128. The molecule has 0 unspecified atom stereocenters. The van der Waals surface area contributed by atoms with Crippen LogP contribution in [0.25, 0.3) is 11.4 Å². The molecule has 0 bridgehead atoms. The van der Waals surface area contributed by atoms with Crippen LogP contribution in [0.2, 0.25) is 0 Å². The topological polar surface area (TPSA) is 132 Å². The van der Waals surface area contributed by atoms with E-state index in [0.717, 1.165) is 17.1 Å². The molecule has 1 aromatic carbocycles. The fourth-order valence-electron chi connectivity index (χ4n) is 3.90.